The third kappa shape index (κ3) is 6.22. The van der Waals surface area contributed by atoms with Crippen molar-refractivity contribution in [2.75, 3.05) is 23.3 Å². The largest absolute Gasteiger partial charge is 0.456 e. The first-order valence-corrected chi connectivity index (χ1v) is 12.8. The predicted octanol–water partition coefficient (Wildman–Crippen LogP) is 5.20. The number of rotatable bonds is 8. The van der Waals surface area contributed by atoms with E-state index >= 15 is 0 Å². The van der Waals surface area contributed by atoms with Crippen LogP contribution < -0.4 is 15.0 Å². The van der Waals surface area contributed by atoms with Gasteiger partial charge in [-0.05, 0) is 80.1 Å². The maximum Gasteiger partial charge on any atom is 0.276 e. The molecular weight excluding hydrogens is 492 g/mol. The first-order valence-electron chi connectivity index (χ1n) is 12.8. The Morgan fingerprint density at radius 1 is 1.18 bits per heavy atom. The molecule has 0 atom stereocenters. The van der Waals surface area contributed by atoms with E-state index in [4.69, 9.17) is 4.74 Å². The molecule has 4 aromatic rings. The number of carbonyl (C=O) groups is 1. The molecule has 5 rings (SSSR count). The SMILES string of the molecule is C=N/C=C(\C=C(/C)c1ccc2[nH]nc(C(=O)Nc3ccc(N4CCC(O)CC4)nc3)c2c1)Oc1ccccc1. The van der Waals surface area contributed by atoms with Crippen LogP contribution in [0.3, 0.4) is 0 Å². The number of aliphatic hydroxyl groups excluding tert-OH is 1. The van der Waals surface area contributed by atoms with Gasteiger partial charge in [0.25, 0.3) is 5.91 Å². The second-order valence-electron chi connectivity index (χ2n) is 9.37. The zero-order valence-corrected chi connectivity index (χ0v) is 21.7. The molecule has 39 heavy (non-hydrogen) atoms. The highest BCUT2D eigenvalue weighted by atomic mass is 16.5. The van der Waals surface area contributed by atoms with Crippen LogP contribution in [0, 0.1) is 0 Å². The van der Waals surface area contributed by atoms with Gasteiger partial charge in [0.05, 0.1) is 29.7 Å². The van der Waals surface area contributed by atoms with Crippen molar-refractivity contribution in [3.05, 3.63) is 96.2 Å². The molecule has 0 saturated carbocycles. The molecule has 0 spiro atoms. The van der Waals surface area contributed by atoms with Gasteiger partial charge in [0.2, 0.25) is 0 Å². The molecular formula is C30H30N6O3. The van der Waals surface area contributed by atoms with Crippen LogP contribution in [-0.4, -0.2) is 52.1 Å². The number of allylic oxidation sites excluding steroid dienone is 2. The summed E-state index contributed by atoms with van der Waals surface area (Å²) in [6.45, 7) is 7.02. The number of aromatic nitrogens is 3. The normalized spacial score (nSPS) is 14.9. The van der Waals surface area contributed by atoms with Crippen molar-refractivity contribution in [1.29, 1.82) is 0 Å². The summed E-state index contributed by atoms with van der Waals surface area (Å²) in [6.07, 6.45) is 6.28. The van der Waals surface area contributed by atoms with E-state index < -0.39 is 0 Å². The number of benzene rings is 2. The molecule has 198 valence electrons. The zero-order chi connectivity index (χ0) is 27.2. The van der Waals surface area contributed by atoms with Gasteiger partial charge >= 0.3 is 0 Å². The number of anilines is 2. The number of nitrogens with zero attached hydrogens (tertiary/aromatic N) is 4. The third-order valence-corrected chi connectivity index (χ3v) is 6.58. The fraction of sp³-hybridized carbons (Fsp3) is 0.200. The number of hydrogen-bond donors (Lipinski definition) is 3. The Balaban J connectivity index is 1.32. The molecule has 1 aliphatic rings. The van der Waals surface area contributed by atoms with Crippen molar-refractivity contribution in [3.8, 4) is 5.75 Å². The van der Waals surface area contributed by atoms with Gasteiger partial charge in [0.1, 0.15) is 17.3 Å². The molecule has 1 saturated heterocycles. The monoisotopic (exact) mass is 522 g/mol. The summed E-state index contributed by atoms with van der Waals surface area (Å²) in [5.74, 6) is 1.72. The van der Waals surface area contributed by atoms with Crippen molar-refractivity contribution in [2.45, 2.75) is 25.9 Å². The van der Waals surface area contributed by atoms with Crippen molar-refractivity contribution < 1.29 is 14.6 Å². The van der Waals surface area contributed by atoms with Crippen molar-refractivity contribution >= 4 is 40.6 Å². The van der Waals surface area contributed by atoms with Gasteiger partial charge in [0.15, 0.2) is 5.69 Å². The number of aromatic amines is 1. The zero-order valence-electron chi connectivity index (χ0n) is 21.7. The number of piperidine rings is 1. The van der Waals surface area contributed by atoms with E-state index in [-0.39, 0.29) is 17.7 Å². The fourth-order valence-corrected chi connectivity index (χ4v) is 4.47. The molecule has 0 bridgehead atoms. The fourth-order valence-electron chi connectivity index (χ4n) is 4.47. The van der Waals surface area contributed by atoms with E-state index in [0.29, 0.717) is 22.6 Å². The van der Waals surface area contributed by atoms with E-state index in [0.717, 1.165) is 48.4 Å². The van der Waals surface area contributed by atoms with Crippen LogP contribution >= 0.6 is 0 Å². The van der Waals surface area contributed by atoms with Crippen molar-refractivity contribution in [1.82, 2.24) is 15.2 Å². The lowest BCUT2D eigenvalue weighted by molar-refractivity contribution is 0.102. The second-order valence-corrected chi connectivity index (χ2v) is 9.37. The molecule has 3 N–H and O–H groups in total. The summed E-state index contributed by atoms with van der Waals surface area (Å²) in [7, 11) is 0. The van der Waals surface area contributed by atoms with Gasteiger partial charge < -0.3 is 20.1 Å². The van der Waals surface area contributed by atoms with Crippen LogP contribution in [0.15, 0.2) is 89.9 Å². The van der Waals surface area contributed by atoms with Crippen LogP contribution in [0.1, 0.15) is 35.8 Å². The number of fused-ring (bicyclic) bond motifs is 1. The van der Waals surface area contributed by atoms with Crippen LogP contribution in [0.25, 0.3) is 16.5 Å². The Bertz CT molecular complexity index is 1520. The Labute approximate surface area is 226 Å². The molecule has 1 fully saturated rings. The number of para-hydroxylation sites is 1. The lowest BCUT2D eigenvalue weighted by atomic mass is 10.0. The first kappa shape index (κ1) is 25.9. The summed E-state index contributed by atoms with van der Waals surface area (Å²) in [4.78, 5) is 23.6. The lowest BCUT2D eigenvalue weighted by Crippen LogP contribution is -2.36. The number of ether oxygens (including phenoxy) is 1. The number of amides is 1. The Kier molecular flexibility index (Phi) is 7.79. The Morgan fingerprint density at radius 2 is 1.97 bits per heavy atom. The number of aliphatic imine (C=N–C) groups is 1. The van der Waals surface area contributed by atoms with Crippen molar-refractivity contribution in [2.24, 2.45) is 4.99 Å². The average Bonchev–Trinajstić information content (AvgIpc) is 3.38. The van der Waals surface area contributed by atoms with Gasteiger partial charge in [-0.25, -0.2) is 4.98 Å². The van der Waals surface area contributed by atoms with Gasteiger partial charge in [-0.3, -0.25) is 14.9 Å². The van der Waals surface area contributed by atoms with Gasteiger partial charge in [-0.2, -0.15) is 5.10 Å². The molecule has 3 heterocycles. The third-order valence-electron chi connectivity index (χ3n) is 6.58. The number of H-pyrrole nitrogens is 1. The molecule has 9 nitrogen and oxygen atoms in total. The highest BCUT2D eigenvalue weighted by molar-refractivity contribution is 6.11. The minimum Gasteiger partial charge on any atom is -0.456 e. The van der Waals surface area contributed by atoms with Crippen molar-refractivity contribution in [3.63, 3.8) is 0 Å². The van der Waals surface area contributed by atoms with E-state index in [1.54, 1.807) is 12.4 Å². The summed E-state index contributed by atoms with van der Waals surface area (Å²) in [5.41, 5.74) is 3.44. The summed E-state index contributed by atoms with van der Waals surface area (Å²) < 4.78 is 5.95. The smallest absolute Gasteiger partial charge is 0.276 e. The van der Waals surface area contributed by atoms with Gasteiger partial charge in [-0.15, -0.1) is 0 Å². The highest BCUT2D eigenvalue weighted by Gasteiger charge is 2.19. The molecule has 9 heteroatoms. The second kappa shape index (κ2) is 11.7. The van der Waals surface area contributed by atoms with Crippen LogP contribution in [0.4, 0.5) is 11.5 Å². The summed E-state index contributed by atoms with van der Waals surface area (Å²) in [6, 6.07) is 18.9. The lowest BCUT2D eigenvalue weighted by Gasteiger charge is -2.30. The highest BCUT2D eigenvalue weighted by Crippen LogP contribution is 2.25. The Morgan fingerprint density at radius 3 is 2.69 bits per heavy atom. The molecule has 2 aromatic heterocycles. The molecule has 0 radical (unpaired) electrons. The minimum atomic E-state index is -0.334. The van der Waals surface area contributed by atoms with E-state index in [2.05, 4.69) is 37.1 Å². The minimum absolute atomic E-state index is 0.242. The number of carbonyl (C=O) groups excluding carboxylic acids is 1. The summed E-state index contributed by atoms with van der Waals surface area (Å²) >= 11 is 0. The molecule has 1 aliphatic heterocycles. The number of hydrogen-bond acceptors (Lipinski definition) is 7. The average molecular weight is 523 g/mol. The number of nitrogens with one attached hydrogen (secondary N) is 2. The Hall–Kier alpha value is -4.76. The predicted molar refractivity (Wildman–Crippen MR) is 154 cm³/mol. The number of pyridine rings is 1. The first-order chi connectivity index (χ1) is 19.0. The van der Waals surface area contributed by atoms with Gasteiger partial charge in [-0.1, -0.05) is 24.3 Å². The number of aliphatic hydroxyl groups is 1. The molecule has 2 aromatic carbocycles. The van der Waals surface area contributed by atoms with Gasteiger partial charge in [0, 0.05) is 18.5 Å². The van der Waals surface area contributed by atoms with Crippen LogP contribution in [-0.2, 0) is 0 Å². The van der Waals surface area contributed by atoms with E-state index in [9.17, 15) is 9.90 Å². The van der Waals surface area contributed by atoms with Crippen LogP contribution in [0.5, 0.6) is 5.75 Å². The van der Waals surface area contributed by atoms with E-state index in [1.165, 1.54) is 0 Å². The molecule has 1 amide bonds. The van der Waals surface area contributed by atoms with E-state index in [1.807, 2.05) is 73.7 Å². The molecule has 0 unspecified atom stereocenters. The summed E-state index contributed by atoms with van der Waals surface area (Å²) in [5, 5.41) is 20.5. The standard InChI is InChI=1S/C30H30N6O3/c1-20(16-25(19-31-2)39-24-6-4-3-5-7-24)21-8-10-27-26(17-21)29(35-34-27)30(38)33-22-9-11-28(32-18-22)36-14-12-23(37)13-15-36/h3-11,16-19,23,37H,2,12-15H2,1H3,(H,33,38)(H,34,35)/b20-16+,25-19+. The van der Waals surface area contributed by atoms with Crippen LogP contribution in [0.2, 0.25) is 0 Å². The maximum absolute atomic E-state index is 13.1. The molecule has 0 aliphatic carbocycles. The topological polar surface area (TPSA) is 116 Å². The quantitative estimate of drug-likeness (QED) is 0.167. The maximum atomic E-state index is 13.1.